The molecule has 4 nitrogen and oxygen atoms in total. The normalized spacial score (nSPS) is 19.2. The van der Waals surface area contributed by atoms with Gasteiger partial charge >= 0.3 is 0 Å². The summed E-state index contributed by atoms with van der Waals surface area (Å²) < 4.78 is 0. The van der Waals surface area contributed by atoms with Crippen LogP contribution in [0.5, 0.6) is 0 Å². The van der Waals surface area contributed by atoms with Crippen molar-refractivity contribution < 1.29 is 4.79 Å². The van der Waals surface area contributed by atoms with Crippen molar-refractivity contribution in [2.24, 2.45) is 0 Å². The summed E-state index contributed by atoms with van der Waals surface area (Å²) in [5, 5.41) is 6.47. The van der Waals surface area contributed by atoms with Crippen LogP contribution in [0.15, 0.2) is 18.3 Å². The molecule has 1 aromatic rings. The molecule has 0 aromatic carbocycles. The van der Waals surface area contributed by atoms with Crippen LogP contribution >= 0.6 is 0 Å². The Hall–Kier alpha value is -1.42. The monoisotopic (exact) mass is 275 g/mol. The fourth-order valence-corrected chi connectivity index (χ4v) is 2.62. The van der Waals surface area contributed by atoms with E-state index in [1.807, 2.05) is 19.2 Å². The smallest absolute Gasteiger partial charge is 0.221 e. The third-order valence-electron chi connectivity index (χ3n) is 3.96. The van der Waals surface area contributed by atoms with E-state index in [1.165, 1.54) is 17.7 Å². The van der Waals surface area contributed by atoms with Crippen molar-refractivity contribution in [3.8, 4) is 0 Å². The minimum absolute atomic E-state index is 0.129. The van der Waals surface area contributed by atoms with Crippen molar-refractivity contribution >= 4 is 5.91 Å². The highest BCUT2D eigenvalue weighted by atomic mass is 16.1. The van der Waals surface area contributed by atoms with Crippen LogP contribution in [0, 0.1) is 0 Å². The van der Waals surface area contributed by atoms with Gasteiger partial charge in [0.15, 0.2) is 0 Å². The topological polar surface area (TPSA) is 54.0 Å². The van der Waals surface area contributed by atoms with Gasteiger partial charge in [-0.3, -0.25) is 9.78 Å². The van der Waals surface area contributed by atoms with Gasteiger partial charge in [0.1, 0.15) is 0 Å². The van der Waals surface area contributed by atoms with Crippen LogP contribution in [-0.2, 0) is 11.2 Å². The molecule has 1 heterocycles. The summed E-state index contributed by atoms with van der Waals surface area (Å²) in [5.41, 5.74) is 2.52. The number of rotatable bonds is 6. The Morgan fingerprint density at radius 1 is 1.55 bits per heavy atom. The van der Waals surface area contributed by atoms with Crippen molar-refractivity contribution in [2.45, 2.75) is 58.0 Å². The molecular formula is C16H25N3O. The zero-order chi connectivity index (χ0) is 14.4. The molecule has 0 aliphatic heterocycles. The first-order chi connectivity index (χ1) is 9.70. The number of aromatic nitrogens is 1. The lowest BCUT2D eigenvalue weighted by Crippen LogP contribution is -2.35. The SMILES string of the molecule is CCC(C)NC(=O)CCNC1CCCc2cccnc21. The van der Waals surface area contributed by atoms with E-state index in [0.29, 0.717) is 19.0 Å². The van der Waals surface area contributed by atoms with Crippen LogP contribution in [0.25, 0.3) is 0 Å². The maximum absolute atomic E-state index is 11.7. The Bertz CT molecular complexity index is 447. The number of amides is 1. The third-order valence-corrected chi connectivity index (χ3v) is 3.96. The van der Waals surface area contributed by atoms with Crippen LogP contribution in [-0.4, -0.2) is 23.5 Å². The highest BCUT2D eigenvalue weighted by molar-refractivity contribution is 5.76. The number of hydrogen-bond donors (Lipinski definition) is 2. The minimum Gasteiger partial charge on any atom is -0.354 e. The molecule has 2 unspecified atom stereocenters. The molecular weight excluding hydrogens is 250 g/mol. The van der Waals surface area contributed by atoms with Crippen LogP contribution in [0.4, 0.5) is 0 Å². The van der Waals surface area contributed by atoms with Crippen LogP contribution in [0.3, 0.4) is 0 Å². The molecule has 1 amide bonds. The molecule has 1 aliphatic carbocycles. The summed E-state index contributed by atoms with van der Waals surface area (Å²) in [6.07, 6.45) is 6.78. The van der Waals surface area contributed by atoms with E-state index in [1.54, 1.807) is 0 Å². The third kappa shape index (κ3) is 4.04. The molecule has 2 rings (SSSR count). The number of carbonyl (C=O) groups excluding carboxylic acids is 1. The fourth-order valence-electron chi connectivity index (χ4n) is 2.62. The van der Waals surface area contributed by atoms with Crippen molar-refractivity contribution in [3.05, 3.63) is 29.6 Å². The summed E-state index contributed by atoms with van der Waals surface area (Å²) in [4.78, 5) is 16.2. The number of aryl methyl sites for hydroxylation is 1. The van der Waals surface area contributed by atoms with E-state index in [-0.39, 0.29) is 11.9 Å². The van der Waals surface area contributed by atoms with E-state index in [0.717, 1.165) is 19.3 Å². The summed E-state index contributed by atoms with van der Waals surface area (Å²) in [6.45, 7) is 4.82. The molecule has 4 heteroatoms. The average molecular weight is 275 g/mol. The number of pyridine rings is 1. The van der Waals surface area contributed by atoms with E-state index in [4.69, 9.17) is 0 Å². The highest BCUT2D eigenvalue weighted by Gasteiger charge is 2.20. The van der Waals surface area contributed by atoms with Crippen molar-refractivity contribution in [1.82, 2.24) is 15.6 Å². The van der Waals surface area contributed by atoms with Gasteiger partial charge in [-0.15, -0.1) is 0 Å². The summed E-state index contributed by atoms with van der Waals surface area (Å²) >= 11 is 0. The van der Waals surface area contributed by atoms with E-state index >= 15 is 0 Å². The lowest BCUT2D eigenvalue weighted by atomic mass is 9.92. The van der Waals surface area contributed by atoms with Gasteiger partial charge in [-0.05, 0) is 44.2 Å². The molecule has 2 N–H and O–H groups in total. The van der Waals surface area contributed by atoms with Gasteiger partial charge < -0.3 is 10.6 Å². The molecule has 20 heavy (non-hydrogen) atoms. The van der Waals surface area contributed by atoms with Gasteiger partial charge in [0, 0.05) is 31.2 Å². The standard InChI is InChI=1S/C16H25N3O/c1-3-12(2)19-15(20)9-11-17-14-8-4-6-13-7-5-10-18-16(13)14/h5,7,10,12,14,17H,3-4,6,8-9,11H2,1-2H3,(H,19,20). The Kier molecular flexibility index (Phi) is 5.53. The number of hydrogen-bond acceptors (Lipinski definition) is 3. The summed E-state index contributed by atoms with van der Waals surface area (Å²) in [6, 6.07) is 4.72. The summed E-state index contributed by atoms with van der Waals surface area (Å²) in [5.74, 6) is 0.129. The number of nitrogens with one attached hydrogen (secondary N) is 2. The molecule has 2 atom stereocenters. The molecule has 0 radical (unpaired) electrons. The predicted molar refractivity (Wildman–Crippen MR) is 80.4 cm³/mol. The average Bonchev–Trinajstić information content (AvgIpc) is 2.47. The molecule has 0 spiro atoms. The van der Waals surface area contributed by atoms with Gasteiger partial charge in [-0.1, -0.05) is 13.0 Å². The molecule has 0 fully saturated rings. The predicted octanol–water partition coefficient (Wildman–Crippen LogP) is 2.35. The Morgan fingerprint density at radius 2 is 2.40 bits per heavy atom. The van der Waals surface area contributed by atoms with Gasteiger partial charge in [0.25, 0.3) is 0 Å². The van der Waals surface area contributed by atoms with Crippen LogP contribution in [0.1, 0.15) is 56.8 Å². The lowest BCUT2D eigenvalue weighted by molar-refractivity contribution is -0.121. The van der Waals surface area contributed by atoms with E-state index < -0.39 is 0 Å². The Balaban J connectivity index is 1.79. The number of fused-ring (bicyclic) bond motifs is 1. The lowest BCUT2D eigenvalue weighted by Gasteiger charge is -2.25. The van der Waals surface area contributed by atoms with Gasteiger partial charge in [-0.25, -0.2) is 0 Å². The molecule has 1 aliphatic rings. The van der Waals surface area contributed by atoms with E-state index in [9.17, 15) is 4.79 Å². The minimum atomic E-state index is 0.129. The van der Waals surface area contributed by atoms with E-state index in [2.05, 4.69) is 28.6 Å². The quantitative estimate of drug-likeness (QED) is 0.838. The fraction of sp³-hybridized carbons (Fsp3) is 0.625. The number of nitrogens with zero attached hydrogens (tertiary/aromatic N) is 1. The Labute approximate surface area is 121 Å². The zero-order valence-corrected chi connectivity index (χ0v) is 12.5. The van der Waals surface area contributed by atoms with Crippen molar-refractivity contribution in [1.29, 1.82) is 0 Å². The molecule has 0 bridgehead atoms. The molecule has 1 aromatic heterocycles. The highest BCUT2D eigenvalue weighted by Crippen LogP contribution is 2.27. The van der Waals surface area contributed by atoms with Crippen LogP contribution in [0.2, 0.25) is 0 Å². The van der Waals surface area contributed by atoms with Crippen molar-refractivity contribution in [3.63, 3.8) is 0 Å². The van der Waals surface area contributed by atoms with Crippen LogP contribution < -0.4 is 10.6 Å². The summed E-state index contributed by atoms with van der Waals surface area (Å²) in [7, 11) is 0. The molecule has 0 saturated heterocycles. The van der Waals surface area contributed by atoms with Crippen molar-refractivity contribution in [2.75, 3.05) is 6.54 Å². The van der Waals surface area contributed by atoms with Gasteiger partial charge in [0.2, 0.25) is 5.91 Å². The maximum Gasteiger partial charge on any atom is 0.221 e. The first kappa shape index (κ1) is 15.0. The van der Waals surface area contributed by atoms with Gasteiger partial charge in [-0.2, -0.15) is 0 Å². The largest absolute Gasteiger partial charge is 0.354 e. The zero-order valence-electron chi connectivity index (χ0n) is 12.5. The second kappa shape index (κ2) is 7.39. The Morgan fingerprint density at radius 3 is 3.20 bits per heavy atom. The first-order valence-electron chi connectivity index (χ1n) is 7.67. The maximum atomic E-state index is 11.7. The molecule has 0 saturated carbocycles. The molecule has 110 valence electrons. The second-order valence-electron chi connectivity index (χ2n) is 5.57. The second-order valence-corrected chi connectivity index (χ2v) is 5.57. The number of carbonyl (C=O) groups is 1. The first-order valence-corrected chi connectivity index (χ1v) is 7.67. The van der Waals surface area contributed by atoms with Gasteiger partial charge in [0.05, 0.1) is 5.69 Å².